The number of aryl methyl sites for hydroxylation is 1. The summed E-state index contributed by atoms with van der Waals surface area (Å²) in [5.41, 5.74) is 1.42. The highest BCUT2D eigenvalue weighted by Gasteiger charge is 2.35. The summed E-state index contributed by atoms with van der Waals surface area (Å²) < 4.78 is 0.724. The number of amides is 1. The molecule has 3 rings (SSSR count). The number of benzene rings is 1. The van der Waals surface area contributed by atoms with Gasteiger partial charge in [-0.05, 0) is 44.4 Å². The Labute approximate surface area is 167 Å². The van der Waals surface area contributed by atoms with E-state index in [1.54, 1.807) is 0 Å². The minimum absolute atomic E-state index is 0.119. The normalized spacial score (nSPS) is 16.9. The molecule has 142 valence electrons. The summed E-state index contributed by atoms with van der Waals surface area (Å²) in [5, 5.41) is 24.4. The molecular formula is C19H23N5OS2. The second-order valence-corrected chi connectivity index (χ2v) is 9.44. The number of hydrogen-bond acceptors (Lipinski definition) is 7. The molecule has 0 saturated heterocycles. The number of carbonyl (C=O) groups excluding carboxylic acids is 1. The van der Waals surface area contributed by atoms with Crippen LogP contribution in [0.25, 0.3) is 0 Å². The number of nitrogens with zero attached hydrogens (tertiary/aromatic N) is 3. The molecule has 1 saturated carbocycles. The van der Waals surface area contributed by atoms with E-state index >= 15 is 0 Å². The third-order valence-electron chi connectivity index (χ3n) is 4.61. The van der Waals surface area contributed by atoms with E-state index in [1.807, 2.05) is 38.1 Å². The molecule has 27 heavy (non-hydrogen) atoms. The zero-order valence-electron chi connectivity index (χ0n) is 15.5. The number of nitriles is 1. The first kappa shape index (κ1) is 19.6. The maximum absolute atomic E-state index is 12.6. The lowest BCUT2D eigenvalue weighted by molar-refractivity contribution is -0.121. The molecule has 1 aliphatic rings. The summed E-state index contributed by atoms with van der Waals surface area (Å²) in [7, 11) is 0. The molecule has 1 fully saturated rings. The van der Waals surface area contributed by atoms with Gasteiger partial charge in [-0.3, -0.25) is 4.79 Å². The fourth-order valence-electron chi connectivity index (χ4n) is 3.12. The van der Waals surface area contributed by atoms with Gasteiger partial charge in [0.15, 0.2) is 4.34 Å². The summed E-state index contributed by atoms with van der Waals surface area (Å²) in [6.45, 7) is 3.87. The third kappa shape index (κ3) is 5.21. The van der Waals surface area contributed by atoms with Crippen LogP contribution in [-0.4, -0.2) is 26.9 Å². The molecule has 0 aliphatic heterocycles. The lowest BCUT2D eigenvalue weighted by Gasteiger charge is -2.32. The Hall–Kier alpha value is -2.11. The molecule has 6 nitrogen and oxygen atoms in total. The molecule has 2 N–H and O–H groups in total. The van der Waals surface area contributed by atoms with Gasteiger partial charge in [-0.2, -0.15) is 5.26 Å². The smallest absolute Gasteiger partial charge is 0.234 e. The van der Waals surface area contributed by atoms with Gasteiger partial charge in [-0.15, -0.1) is 10.2 Å². The summed E-state index contributed by atoms with van der Waals surface area (Å²) in [5.74, 6) is -0.119. The fourth-order valence-corrected chi connectivity index (χ4v) is 5.03. The van der Waals surface area contributed by atoms with Crippen molar-refractivity contribution in [3.8, 4) is 6.07 Å². The molecule has 1 unspecified atom stereocenters. The molecule has 1 atom stereocenters. The average molecular weight is 402 g/mol. The molecule has 1 aromatic heterocycles. The van der Waals surface area contributed by atoms with Crippen molar-refractivity contribution in [1.29, 1.82) is 5.26 Å². The zero-order chi connectivity index (χ0) is 19.3. The Morgan fingerprint density at radius 3 is 2.81 bits per heavy atom. The molecular weight excluding hydrogens is 378 g/mol. The molecule has 1 heterocycles. The predicted octanol–water partition coefficient (Wildman–Crippen LogP) is 4.41. The lowest BCUT2D eigenvalue weighted by atomic mass is 9.83. The number of nitrogens with one attached hydrogen (secondary N) is 2. The number of anilines is 2. The van der Waals surface area contributed by atoms with E-state index in [0.717, 1.165) is 42.1 Å². The van der Waals surface area contributed by atoms with Gasteiger partial charge in [0.2, 0.25) is 11.0 Å². The van der Waals surface area contributed by atoms with Crippen molar-refractivity contribution in [3.63, 3.8) is 0 Å². The van der Waals surface area contributed by atoms with E-state index in [9.17, 15) is 10.1 Å². The highest BCUT2D eigenvalue weighted by Crippen LogP contribution is 2.32. The van der Waals surface area contributed by atoms with Crippen molar-refractivity contribution >= 4 is 39.8 Å². The highest BCUT2D eigenvalue weighted by molar-refractivity contribution is 8.02. The Kier molecular flexibility index (Phi) is 6.34. The van der Waals surface area contributed by atoms with E-state index in [1.165, 1.54) is 28.7 Å². The highest BCUT2D eigenvalue weighted by atomic mass is 32.2. The molecule has 0 radical (unpaired) electrons. The lowest BCUT2D eigenvalue weighted by Crippen LogP contribution is -2.50. The van der Waals surface area contributed by atoms with Gasteiger partial charge in [0, 0.05) is 5.69 Å². The first-order valence-electron chi connectivity index (χ1n) is 9.07. The average Bonchev–Trinajstić information content (AvgIpc) is 3.09. The van der Waals surface area contributed by atoms with Gasteiger partial charge in [0.05, 0.1) is 11.3 Å². The first-order valence-corrected chi connectivity index (χ1v) is 10.8. The van der Waals surface area contributed by atoms with Crippen molar-refractivity contribution in [3.05, 3.63) is 29.8 Å². The SMILES string of the molecule is Cc1cccc(Nc2nnc(SC(C)C(=O)NC3(C#N)CCCCC3)s2)c1. The monoisotopic (exact) mass is 401 g/mol. The van der Waals surface area contributed by atoms with E-state index in [0.29, 0.717) is 5.13 Å². The molecule has 1 amide bonds. The van der Waals surface area contributed by atoms with Gasteiger partial charge in [0.1, 0.15) is 5.54 Å². The summed E-state index contributed by atoms with van der Waals surface area (Å²) in [6.07, 6.45) is 4.57. The first-order chi connectivity index (χ1) is 13.0. The predicted molar refractivity (Wildman–Crippen MR) is 109 cm³/mol. The largest absolute Gasteiger partial charge is 0.337 e. The van der Waals surface area contributed by atoms with Gasteiger partial charge >= 0.3 is 0 Å². The fraction of sp³-hybridized carbons (Fsp3) is 0.474. The minimum atomic E-state index is -0.705. The third-order valence-corrected chi connectivity index (χ3v) is 6.63. The van der Waals surface area contributed by atoms with Crippen molar-refractivity contribution < 1.29 is 4.79 Å². The van der Waals surface area contributed by atoms with Crippen molar-refractivity contribution in [1.82, 2.24) is 15.5 Å². The van der Waals surface area contributed by atoms with E-state index in [-0.39, 0.29) is 11.2 Å². The molecule has 0 bridgehead atoms. The maximum atomic E-state index is 12.6. The van der Waals surface area contributed by atoms with Crippen LogP contribution in [0.2, 0.25) is 0 Å². The van der Waals surface area contributed by atoms with Gasteiger partial charge < -0.3 is 10.6 Å². The minimum Gasteiger partial charge on any atom is -0.337 e. The second-order valence-electron chi connectivity index (χ2n) is 6.87. The van der Waals surface area contributed by atoms with Crippen LogP contribution >= 0.6 is 23.1 Å². The van der Waals surface area contributed by atoms with Crippen LogP contribution in [0.1, 0.15) is 44.6 Å². The molecule has 1 aliphatic carbocycles. The summed E-state index contributed by atoms with van der Waals surface area (Å²) in [4.78, 5) is 12.6. The van der Waals surface area contributed by atoms with E-state index in [4.69, 9.17) is 0 Å². The van der Waals surface area contributed by atoms with Crippen LogP contribution in [0, 0.1) is 18.3 Å². The Bertz CT molecular complexity index is 839. The zero-order valence-corrected chi connectivity index (χ0v) is 17.1. The Balaban J connectivity index is 1.57. The number of hydrogen-bond donors (Lipinski definition) is 2. The topological polar surface area (TPSA) is 90.7 Å². The number of thioether (sulfide) groups is 1. The Morgan fingerprint density at radius 2 is 2.11 bits per heavy atom. The molecule has 8 heteroatoms. The standard InChI is InChI=1S/C19H23N5OS2/c1-13-7-6-8-15(11-13)21-17-23-24-18(27-17)26-14(2)16(25)22-19(12-20)9-4-3-5-10-19/h6-8,11,14H,3-5,9-10H2,1-2H3,(H,21,23)(H,22,25). The quantitative estimate of drug-likeness (QED) is 0.697. The summed E-state index contributed by atoms with van der Waals surface area (Å²) >= 11 is 2.78. The number of rotatable bonds is 6. The number of aromatic nitrogens is 2. The molecule has 1 aromatic carbocycles. The van der Waals surface area contributed by atoms with E-state index < -0.39 is 5.54 Å². The van der Waals surface area contributed by atoms with Crippen molar-refractivity contribution in [2.45, 2.75) is 61.1 Å². The molecule has 2 aromatic rings. The van der Waals surface area contributed by atoms with Crippen LogP contribution in [0.15, 0.2) is 28.6 Å². The van der Waals surface area contributed by atoms with Crippen LogP contribution < -0.4 is 10.6 Å². The second kappa shape index (κ2) is 8.72. The van der Waals surface area contributed by atoms with Gasteiger partial charge in [-0.1, -0.05) is 54.5 Å². The molecule has 0 spiro atoms. The van der Waals surface area contributed by atoms with Gasteiger partial charge in [-0.25, -0.2) is 0 Å². The van der Waals surface area contributed by atoms with Crippen molar-refractivity contribution in [2.24, 2.45) is 0 Å². The number of carbonyl (C=O) groups is 1. The maximum Gasteiger partial charge on any atom is 0.234 e. The van der Waals surface area contributed by atoms with E-state index in [2.05, 4.69) is 26.9 Å². The van der Waals surface area contributed by atoms with Crippen molar-refractivity contribution in [2.75, 3.05) is 5.32 Å². The summed E-state index contributed by atoms with van der Waals surface area (Å²) in [6, 6.07) is 10.4. The Morgan fingerprint density at radius 1 is 1.33 bits per heavy atom. The van der Waals surface area contributed by atoms with Crippen LogP contribution in [-0.2, 0) is 4.79 Å². The van der Waals surface area contributed by atoms with Gasteiger partial charge in [0.25, 0.3) is 0 Å². The van der Waals surface area contributed by atoms with Crippen LogP contribution in [0.5, 0.6) is 0 Å². The van der Waals surface area contributed by atoms with Crippen LogP contribution in [0.3, 0.4) is 0 Å². The van der Waals surface area contributed by atoms with Crippen LogP contribution in [0.4, 0.5) is 10.8 Å².